The Morgan fingerprint density at radius 2 is 1.62 bits per heavy atom. The van der Waals surface area contributed by atoms with Crippen LogP contribution in [0, 0.1) is 11.3 Å². The molecule has 0 aromatic heterocycles. The summed E-state index contributed by atoms with van der Waals surface area (Å²) in [4.78, 5) is 0. The van der Waals surface area contributed by atoms with Crippen LogP contribution in [0.25, 0.3) is 10.8 Å². The van der Waals surface area contributed by atoms with Crippen molar-refractivity contribution in [3.63, 3.8) is 0 Å². The first-order chi connectivity index (χ1) is 10.2. The molecule has 0 amide bonds. The number of anilines is 2. The average molecular weight is 402 g/mol. The molecule has 3 aromatic carbocycles. The van der Waals surface area contributed by atoms with Crippen LogP contribution in [0.5, 0.6) is 0 Å². The zero-order valence-corrected chi connectivity index (χ0v) is 14.1. The smallest absolute Gasteiger partial charge is 0.0998 e. The fourth-order valence-electron chi connectivity index (χ4n) is 2.24. The lowest BCUT2D eigenvalue weighted by Gasteiger charge is -2.12. The van der Waals surface area contributed by atoms with Crippen molar-refractivity contribution in [3.8, 4) is 6.07 Å². The number of halogens is 2. The predicted molar refractivity (Wildman–Crippen MR) is 93.8 cm³/mol. The monoisotopic (exact) mass is 400 g/mol. The van der Waals surface area contributed by atoms with E-state index in [0.717, 1.165) is 31.1 Å². The third-order valence-electron chi connectivity index (χ3n) is 3.24. The zero-order chi connectivity index (χ0) is 14.8. The highest BCUT2D eigenvalue weighted by atomic mass is 79.9. The molecule has 0 aliphatic carbocycles. The standard InChI is InChI=1S/C17H10Br2N2/c18-12-6-7-15(19)17(9-12)21-16-8-5-11(10-20)13-3-1-2-4-14(13)16/h1-9,21H. The number of rotatable bonds is 2. The molecule has 2 nitrogen and oxygen atoms in total. The van der Waals surface area contributed by atoms with Crippen molar-refractivity contribution in [1.82, 2.24) is 0 Å². The van der Waals surface area contributed by atoms with Gasteiger partial charge in [0.2, 0.25) is 0 Å². The number of nitrogens with zero attached hydrogens (tertiary/aromatic N) is 1. The molecule has 0 unspecified atom stereocenters. The summed E-state index contributed by atoms with van der Waals surface area (Å²) in [5.41, 5.74) is 2.63. The van der Waals surface area contributed by atoms with Gasteiger partial charge in [0.1, 0.15) is 0 Å². The van der Waals surface area contributed by atoms with Crippen molar-refractivity contribution in [1.29, 1.82) is 5.26 Å². The Labute approximate surface area is 139 Å². The van der Waals surface area contributed by atoms with Gasteiger partial charge in [0.15, 0.2) is 0 Å². The van der Waals surface area contributed by atoms with Gasteiger partial charge in [-0.1, -0.05) is 40.2 Å². The number of benzene rings is 3. The third kappa shape index (κ3) is 2.80. The van der Waals surface area contributed by atoms with E-state index < -0.39 is 0 Å². The Kier molecular flexibility index (Phi) is 3.96. The van der Waals surface area contributed by atoms with Crippen LogP contribution in [0.15, 0.2) is 63.5 Å². The van der Waals surface area contributed by atoms with E-state index in [1.165, 1.54) is 0 Å². The summed E-state index contributed by atoms with van der Waals surface area (Å²) in [6.45, 7) is 0. The van der Waals surface area contributed by atoms with Crippen LogP contribution in [0.4, 0.5) is 11.4 Å². The first-order valence-electron chi connectivity index (χ1n) is 6.33. The minimum atomic E-state index is 0.685. The fraction of sp³-hybridized carbons (Fsp3) is 0. The van der Waals surface area contributed by atoms with Crippen LogP contribution < -0.4 is 5.32 Å². The molecule has 4 heteroatoms. The number of hydrogen-bond donors (Lipinski definition) is 1. The summed E-state index contributed by atoms with van der Waals surface area (Å²) in [5, 5.41) is 14.6. The van der Waals surface area contributed by atoms with Crippen LogP contribution in [0.3, 0.4) is 0 Å². The largest absolute Gasteiger partial charge is 0.354 e. The topological polar surface area (TPSA) is 35.8 Å². The first kappa shape index (κ1) is 14.1. The highest BCUT2D eigenvalue weighted by Gasteiger charge is 2.07. The van der Waals surface area contributed by atoms with Crippen molar-refractivity contribution in [2.75, 3.05) is 5.32 Å². The molecule has 0 heterocycles. The molecule has 21 heavy (non-hydrogen) atoms. The Morgan fingerprint density at radius 3 is 2.38 bits per heavy atom. The Hall–Kier alpha value is -1.83. The van der Waals surface area contributed by atoms with Gasteiger partial charge >= 0.3 is 0 Å². The quantitative estimate of drug-likeness (QED) is 0.573. The molecule has 102 valence electrons. The molecule has 0 aliphatic rings. The highest BCUT2D eigenvalue weighted by Crippen LogP contribution is 2.33. The third-order valence-corrected chi connectivity index (χ3v) is 4.43. The fourth-order valence-corrected chi connectivity index (χ4v) is 2.95. The van der Waals surface area contributed by atoms with Crippen LogP contribution in [-0.2, 0) is 0 Å². The maximum Gasteiger partial charge on any atom is 0.0998 e. The van der Waals surface area contributed by atoms with E-state index in [9.17, 15) is 5.26 Å². The minimum absolute atomic E-state index is 0.685. The first-order valence-corrected chi connectivity index (χ1v) is 7.91. The van der Waals surface area contributed by atoms with Crippen molar-refractivity contribution < 1.29 is 0 Å². The van der Waals surface area contributed by atoms with Gasteiger partial charge < -0.3 is 5.32 Å². The van der Waals surface area contributed by atoms with E-state index in [1.807, 2.05) is 54.6 Å². The summed E-state index contributed by atoms with van der Waals surface area (Å²) in [6.07, 6.45) is 0. The summed E-state index contributed by atoms with van der Waals surface area (Å²) in [5.74, 6) is 0. The minimum Gasteiger partial charge on any atom is -0.354 e. The molecule has 0 atom stereocenters. The molecular weight excluding hydrogens is 392 g/mol. The molecule has 3 aromatic rings. The lowest BCUT2D eigenvalue weighted by atomic mass is 10.0. The molecule has 0 fully saturated rings. The molecule has 3 rings (SSSR count). The van der Waals surface area contributed by atoms with Crippen molar-refractivity contribution in [2.45, 2.75) is 0 Å². The van der Waals surface area contributed by atoms with E-state index in [-0.39, 0.29) is 0 Å². The predicted octanol–water partition coefficient (Wildman–Crippen LogP) is 5.98. The molecule has 0 saturated heterocycles. The van der Waals surface area contributed by atoms with Crippen molar-refractivity contribution >= 4 is 54.0 Å². The maximum atomic E-state index is 9.21. The van der Waals surface area contributed by atoms with Crippen LogP contribution in [0.2, 0.25) is 0 Å². The Morgan fingerprint density at radius 1 is 0.857 bits per heavy atom. The lowest BCUT2D eigenvalue weighted by molar-refractivity contribution is 1.49. The zero-order valence-electron chi connectivity index (χ0n) is 10.9. The van der Waals surface area contributed by atoms with E-state index in [1.54, 1.807) is 0 Å². The molecule has 1 N–H and O–H groups in total. The second-order valence-electron chi connectivity index (χ2n) is 4.57. The van der Waals surface area contributed by atoms with Gasteiger partial charge in [0.05, 0.1) is 17.3 Å². The highest BCUT2D eigenvalue weighted by molar-refractivity contribution is 9.11. The second-order valence-corrected chi connectivity index (χ2v) is 6.34. The van der Waals surface area contributed by atoms with Gasteiger partial charge in [-0.2, -0.15) is 5.26 Å². The average Bonchev–Trinajstić information content (AvgIpc) is 2.51. The number of fused-ring (bicyclic) bond motifs is 1. The lowest BCUT2D eigenvalue weighted by Crippen LogP contribution is -1.94. The Balaban J connectivity index is 2.14. The van der Waals surface area contributed by atoms with E-state index in [4.69, 9.17) is 0 Å². The maximum absolute atomic E-state index is 9.21. The van der Waals surface area contributed by atoms with Crippen molar-refractivity contribution in [3.05, 3.63) is 69.1 Å². The van der Waals surface area contributed by atoms with Gasteiger partial charge in [0.25, 0.3) is 0 Å². The number of hydrogen-bond acceptors (Lipinski definition) is 2. The summed E-state index contributed by atoms with van der Waals surface area (Å²) >= 11 is 7.02. The van der Waals surface area contributed by atoms with Gasteiger partial charge in [-0.25, -0.2) is 0 Å². The SMILES string of the molecule is N#Cc1ccc(Nc2cc(Br)ccc2Br)c2ccccc12. The summed E-state index contributed by atoms with van der Waals surface area (Å²) in [6, 6.07) is 19.9. The van der Waals surface area contributed by atoms with Gasteiger partial charge in [-0.05, 0) is 46.3 Å². The molecule has 0 bridgehead atoms. The summed E-state index contributed by atoms with van der Waals surface area (Å²) < 4.78 is 1.99. The van der Waals surface area contributed by atoms with Crippen molar-refractivity contribution in [2.24, 2.45) is 0 Å². The number of nitrogens with one attached hydrogen (secondary N) is 1. The molecule has 0 aliphatic heterocycles. The molecule has 0 radical (unpaired) electrons. The molecular formula is C17H10Br2N2. The Bertz CT molecular complexity index is 866. The van der Waals surface area contributed by atoms with Gasteiger partial charge in [0, 0.05) is 25.4 Å². The van der Waals surface area contributed by atoms with Crippen LogP contribution in [0.1, 0.15) is 5.56 Å². The van der Waals surface area contributed by atoms with Gasteiger partial charge in [-0.15, -0.1) is 0 Å². The van der Waals surface area contributed by atoms with E-state index in [0.29, 0.717) is 5.56 Å². The molecule has 0 spiro atoms. The van der Waals surface area contributed by atoms with E-state index >= 15 is 0 Å². The second kappa shape index (κ2) is 5.88. The normalized spacial score (nSPS) is 10.3. The molecule has 0 saturated carbocycles. The van der Waals surface area contributed by atoms with Crippen LogP contribution in [-0.4, -0.2) is 0 Å². The number of nitriles is 1. The van der Waals surface area contributed by atoms with Crippen LogP contribution >= 0.6 is 31.9 Å². The van der Waals surface area contributed by atoms with E-state index in [2.05, 4.69) is 43.2 Å². The van der Waals surface area contributed by atoms with Gasteiger partial charge in [-0.3, -0.25) is 0 Å². The summed E-state index contributed by atoms with van der Waals surface area (Å²) in [7, 11) is 0.